The van der Waals surface area contributed by atoms with Crippen LogP contribution in [0, 0.1) is 0 Å². The molecule has 0 aliphatic heterocycles. The first kappa shape index (κ1) is 20.1. The Bertz CT molecular complexity index is 538. The Morgan fingerprint density at radius 2 is 1.79 bits per heavy atom. The van der Waals surface area contributed by atoms with Crippen molar-refractivity contribution < 1.29 is 9.59 Å². The summed E-state index contributed by atoms with van der Waals surface area (Å²) in [6.07, 6.45) is 1.50. The predicted molar refractivity (Wildman–Crippen MR) is 96.7 cm³/mol. The highest BCUT2D eigenvalue weighted by Gasteiger charge is 2.26. The molecule has 0 aliphatic carbocycles. The third kappa shape index (κ3) is 6.68. The van der Waals surface area contributed by atoms with Crippen molar-refractivity contribution in [2.45, 2.75) is 38.8 Å². The van der Waals surface area contributed by atoms with Crippen molar-refractivity contribution in [3.63, 3.8) is 0 Å². The Balaban J connectivity index is 2.50. The monoisotopic (exact) mass is 334 g/mol. The van der Waals surface area contributed by atoms with Crippen molar-refractivity contribution in [3.05, 3.63) is 35.4 Å². The second-order valence-electron chi connectivity index (χ2n) is 6.61. The number of carbonyl (C=O) groups is 2. The minimum absolute atomic E-state index is 0.0927. The third-order valence-electron chi connectivity index (χ3n) is 3.80. The van der Waals surface area contributed by atoms with E-state index in [2.05, 4.69) is 10.6 Å². The van der Waals surface area contributed by atoms with Gasteiger partial charge in [0.1, 0.15) is 0 Å². The number of nitrogens with one attached hydrogen (secondary N) is 2. The molecule has 2 amide bonds. The molecule has 0 fully saturated rings. The number of hydrogen-bond donors (Lipinski definition) is 3. The molecule has 6 heteroatoms. The highest BCUT2D eigenvalue weighted by Crippen LogP contribution is 2.09. The van der Waals surface area contributed by atoms with Crippen LogP contribution in [0.15, 0.2) is 24.3 Å². The first-order valence-electron chi connectivity index (χ1n) is 8.35. The summed E-state index contributed by atoms with van der Waals surface area (Å²) in [5.74, 6) is -0.250. The summed E-state index contributed by atoms with van der Waals surface area (Å²) in [5, 5.41) is 5.72. The van der Waals surface area contributed by atoms with E-state index in [-0.39, 0.29) is 11.8 Å². The normalized spacial score (nSPS) is 13.4. The zero-order valence-electron chi connectivity index (χ0n) is 15.2. The maximum Gasteiger partial charge on any atom is 0.251 e. The number of amides is 2. The van der Waals surface area contributed by atoms with E-state index in [1.165, 1.54) is 0 Å². The lowest BCUT2D eigenvalue weighted by molar-refractivity contribution is -0.126. The van der Waals surface area contributed by atoms with E-state index in [1.54, 1.807) is 19.1 Å². The summed E-state index contributed by atoms with van der Waals surface area (Å²) in [7, 11) is 3.92. The first-order valence-corrected chi connectivity index (χ1v) is 8.35. The van der Waals surface area contributed by atoms with Crippen molar-refractivity contribution in [1.29, 1.82) is 0 Å². The Hall–Kier alpha value is -1.92. The first-order chi connectivity index (χ1) is 11.3. The molecule has 0 radical (unpaired) electrons. The molecule has 1 unspecified atom stereocenters. The molecule has 0 saturated heterocycles. The van der Waals surface area contributed by atoms with Gasteiger partial charge in [-0.3, -0.25) is 9.59 Å². The van der Waals surface area contributed by atoms with Gasteiger partial charge in [-0.2, -0.15) is 0 Å². The average Bonchev–Trinajstić information content (AvgIpc) is 2.52. The van der Waals surface area contributed by atoms with Gasteiger partial charge in [0.05, 0.1) is 5.54 Å². The lowest BCUT2D eigenvalue weighted by atomic mass is 9.96. The van der Waals surface area contributed by atoms with Crippen LogP contribution in [-0.2, 0) is 11.3 Å². The zero-order chi connectivity index (χ0) is 18.2. The number of rotatable bonds is 9. The summed E-state index contributed by atoms with van der Waals surface area (Å²) in [4.78, 5) is 26.1. The van der Waals surface area contributed by atoms with Gasteiger partial charge in [-0.05, 0) is 45.1 Å². The highest BCUT2D eigenvalue weighted by atomic mass is 16.2. The van der Waals surface area contributed by atoms with Crippen LogP contribution in [0.1, 0.15) is 42.6 Å². The van der Waals surface area contributed by atoms with Crippen LogP contribution in [0.4, 0.5) is 0 Å². The fraction of sp³-hybridized carbons (Fsp3) is 0.556. The number of carbonyl (C=O) groups excluding carboxylic acids is 2. The lowest BCUT2D eigenvalue weighted by Gasteiger charge is -2.22. The maximum absolute atomic E-state index is 12.1. The number of hydrogen-bond acceptors (Lipinski definition) is 4. The van der Waals surface area contributed by atoms with Gasteiger partial charge in [0, 0.05) is 25.2 Å². The van der Waals surface area contributed by atoms with E-state index in [4.69, 9.17) is 5.73 Å². The predicted octanol–water partition coefficient (Wildman–Crippen LogP) is 1.11. The van der Waals surface area contributed by atoms with Gasteiger partial charge in [0.15, 0.2) is 0 Å². The zero-order valence-corrected chi connectivity index (χ0v) is 15.2. The molecule has 24 heavy (non-hydrogen) atoms. The molecule has 0 heterocycles. The van der Waals surface area contributed by atoms with Gasteiger partial charge < -0.3 is 21.3 Å². The molecule has 4 N–H and O–H groups in total. The fourth-order valence-corrected chi connectivity index (χ4v) is 2.29. The second-order valence-corrected chi connectivity index (χ2v) is 6.61. The summed E-state index contributed by atoms with van der Waals surface area (Å²) in [5.41, 5.74) is 6.69. The molecule has 0 saturated carbocycles. The van der Waals surface area contributed by atoms with Crippen LogP contribution in [0.2, 0.25) is 0 Å². The molecule has 6 nitrogen and oxygen atoms in total. The van der Waals surface area contributed by atoms with E-state index >= 15 is 0 Å². The van der Waals surface area contributed by atoms with E-state index < -0.39 is 5.54 Å². The smallest absolute Gasteiger partial charge is 0.251 e. The van der Waals surface area contributed by atoms with Gasteiger partial charge >= 0.3 is 0 Å². The summed E-state index contributed by atoms with van der Waals surface area (Å²) < 4.78 is 0. The van der Waals surface area contributed by atoms with Crippen molar-refractivity contribution >= 4 is 11.8 Å². The van der Waals surface area contributed by atoms with Gasteiger partial charge in [0.2, 0.25) is 5.91 Å². The second kappa shape index (κ2) is 9.39. The minimum atomic E-state index is -0.846. The van der Waals surface area contributed by atoms with Gasteiger partial charge in [0.25, 0.3) is 5.91 Å². The quantitative estimate of drug-likeness (QED) is 0.631. The molecule has 1 aromatic carbocycles. The molecule has 1 aromatic rings. The maximum atomic E-state index is 12.1. The Kier molecular flexibility index (Phi) is 7.88. The molecule has 0 bridgehead atoms. The van der Waals surface area contributed by atoms with Crippen LogP contribution < -0.4 is 16.4 Å². The molecular formula is C18H30N4O2. The van der Waals surface area contributed by atoms with E-state index in [0.29, 0.717) is 25.1 Å². The summed E-state index contributed by atoms with van der Waals surface area (Å²) >= 11 is 0. The van der Waals surface area contributed by atoms with Crippen LogP contribution in [0.25, 0.3) is 0 Å². The molecule has 134 valence electrons. The van der Waals surface area contributed by atoms with Crippen LogP contribution in [-0.4, -0.2) is 49.4 Å². The largest absolute Gasteiger partial charge is 0.351 e. The van der Waals surface area contributed by atoms with E-state index in [1.807, 2.05) is 38.1 Å². The van der Waals surface area contributed by atoms with Crippen molar-refractivity contribution in [2.75, 3.05) is 27.2 Å². The SMILES string of the molecule is CCCC(C)(N)C(=O)NCc1ccc(C(=O)NCCN(C)C)cc1. The Labute approximate surface area is 144 Å². The highest BCUT2D eigenvalue weighted by molar-refractivity contribution is 5.94. The molecule has 1 atom stereocenters. The van der Waals surface area contributed by atoms with Crippen LogP contribution in [0.3, 0.4) is 0 Å². The number of benzene rings is 1. The number of nitrogens with two attached hydrogens (primary N) is 1. The third-order valence-corrected chi connectivity index (χ3v) is 3.80. The molecular weight excluding hydrogens is 304 g/mol. The summed E-state index contributed by atoms with van der Waals surface area (Å²) in [6.45, 7) is 5.55. The van der Waals surface area contributed by atoms with Gasteiger partial charge in [-0.15, -0.1) is 0 Å². The van der Waals surface area contributed by atoms with Crippen molar-refractivity contribution in [1.82, 2.24) is 15.5 Å². The van der Waals surface area contributed by atoms with E-state index in [9.17, 15) is 9.59 Å². The fourth-order valence-electron chi connectivity index (χ4n) is 2.29. The van der Waals surface area contributed by atoms with Crippen molar-refractivity contribution in [3.8, 4) is 0 Å². The Morgan fingerprint density at radius 1 is 1.17 bits per heavy atom. The lowest BCUT2D eigenvalue weighted by Crippen LogP contribution is -2.51. The molecule has 1 rings (SSSR count). The Morgan fingerprint density at radius 3 is 2.33 bits per heavy atom. The molecule has 0 aliphatic rings. The number of nitrogens with zero attached hydrogens (tertiary/aromatic N) is 1. The molecule has 0 aromatic heterocycles. The van der Waals surface area contributed by atoms with Gasteiger partial charge in [-0.1, -0.05) is 25.5 Å². The summed E-state index contributed by atoms with van der Waals surface area (Å²) in [6, 6.07) is 7.21. The number of likely N-dealkylation sites (N-methyl/N-ethyl adjacent to an activating group) is 1. The topological polar surface area (TPSA) is 87.5 Å². The van der Waals surface area contributed by atoms with Crippen molar-refractivity contribution in [2.24, 2.45) is 5.73 Å². The van der Waals surface area contributed by atoms with Gasteiger partial charge in [-0.25, -0.2) is 0 Å². The average molecular weight is 334 g/mol. The minimum Gasteiger partial charge on any atom is -0.351 e. The molecule has 0 spiro atoms. The standard InChI is InChI=1S/C18H30N4O2/c1-5-10-18(2,19)17(24)21-13-14-6-8-15(9-7-14)16(23)20-11-12-22(3)4/h6-9H,5,10-13,19H2,1-4H3,(H,20,23)(H,21,24). The van der Waals surface area contributed by atoms with Crippen LogP contribution >= 0.6 is 0 Å². The van der Waals surface area contributed by atoms with E-state index in [0.717, 1.165) is 18.5 Å². The van der Waals surface area contributed by atoms with Crippen LogP contribution in [0.5, 0.6) is 0 Å².